The van der Waals surface area contributed by atoms with Gasteiger partial charge in [-0.05, 0) is 42.3 Å². The van der Waals surface area contributed by atoms with Crippen LogP contribution in [0.1, 0.15) is 36.9 Å². The molecule has 2 aliphatic rings. The molecule has 0 atom stereocenters. The molecule has 1 aromatic heterocycles. The molecule has 0 spiro atoms. The van der Waals surface area contributed by atoms with E-state index < -0.39 is 11.9 Å². The molecule has 22 heavy (non-hydrogen) atoms. The van der Waals surface area contributed by atoms with Gasteiger partial charge in [0.05, 0.1) is 10.9 Å². The zero-order valence-electron chi connectivity index (χ0n) is 11.5. The van der Waals surface area contributed by atoms with Crippen LogP contribution in [-0.2, 0) is 11.0 Å². The fourth-order valence-electron chi connectivity index (χ4n) is 2.50. The highest BCUT2D eigenvalue weighted by molar-refractivity contribution is 8.18. The summed E-state index contributed by atoms with van der Waals surface area (Å²) in [6.07, 6.45) is 2.58. The van der Waals surface area contributed by atoms with Crippen LogP contribution in [0.3, 0.4) is 0 Å². The molecule has 8 heteroatoms. The number of aliphatic imine (C=N–C) groups is 1. The first-order valence-electron chi connectivity index (χ1n) is 6.96. The van der Waals surface area contributed by atoms with Crippen LogP contribution in [0.4, 0.5) is 13.2 Å². The lowest BCUT2D eigenvalue weighted by atomic mass is 10.2. The third-order valence-electron chi connectivity index (χ3n) is 3.58. The molecule has 0 bridgehead atoms. The second-order valence-corrected chi connectivity index (χ2v) is 6.31. The minimum absolute atomic E-state index is 0.242. The molecule has 1 aromatic rings. The molecule has 2 N–H and O–H groups in total. The number of hydrogen-bond acceptors (Lipinski definition) is 3. The Hall–Kier alpha value is -1.70. The number of aromatic nitrogens is 1. The molecule has 118 valence electrons. The lowest BCUT2D eigenvalue weighted by molar-refractivity contribution is -0.140. The number of rotatable bonds is 2. The maximum Gasteiger partial charge on any atom is 0.431 e. The van der Waals surface area contributed by atoms with Gasteiger partial charge in [0.15, 0.2) is 5.17 Å². The molecule has 1 aliphatic carbocycles. The van der Waals surface area contributed by atoms with Crippen molar-refractivity contribution in [2.75, 3.05) is 0 Å². The van der Waals surface area contributed by atoms with Gasteiger partial charge < -0.3 is 10.3 Å². The lowest BCUT2D eigenvalue weighted by Gasteiger charge is -2.02. The van der Waals surface area contributed by atoms with Crippen molar-refractivity contribution in [3.8, 4) is 0 Å². The SMILES string of the molecule is O=C1NC(=NC2CCCC2)S/C1=C/c1c[nH]c(C(F)(F)F)c1. The van der Waals surface area contributed by atoms with Crippen LogP contribution in [0.2, 0.25) is 0 Å². The summed E-state index contributed by atoms with van der Waals surface area (Å²) in [4.78, 5) is 18.8. The first-order valence-corrected chi connectivity index (χ1v) is 7.78. The highest BCUT2D eigenvalue weighted by Crippen LogP contribution is 2.31. The number of carbonyl (C=O) groups excluding carboxylic acids is 1. The summed E-state index contributed by atoms with van der Waals surface area (Å²) in [7, 11) is 0. The number of hydrogen-bond donors (Lipinski definition) is 2. The van der Waals surface area contributed by atoms with Gasteiger partial charge in [0, 0.05) is 6.20 Å². The van der Waals surface area contributed by atoms with Gasteiger partial charge >= 0.3 is 6.18 Å². The van der Waals surface area contributed by atoms with Crippen molar-refractivity contribution in [3.05, 3.63) is 28.4 Å². The average Bonchev–Trinajstić information content (AvgIpc) is 3.12. The molecule has 2 heterocycles. The van der Waals surface area contributed by atoms with Crippen LogP contribution in [0.15, 0.2) is 22.2 Å². The van der Waals surface area contributed by atoms with Crippen molar-refractivity contribution in [1.29, 1.82) is 0 Å². The molecule has 0 unspecified atom stereocenters. The number of halogens is 3. The zero-order chi connectivity index (χ0) is 15.7. The number of thioether (sulfide) groups is 1. The Bertz CT molecular complexity index is 642. The molecular formula is C14H14F3N3OS. The molecule has 1 saturated carbocycles. The van der Waals surface area contributed by atoms with Gasteiger partial charge in [0.25, 0.3) is 5.91 Å². The van der Waals surface area contributed by atoms with E-state index in [1.165, 1.54) is 24.0 Å². The largest absolute Gasteiger partial charge is 0.431 e. The van der Waals surface area contributed by atoms with Gasteiger partial charge in [0.2, 0.25) is 0 Å². The Balaban J connectivity index is 1.74. The van der Waals surface area contributed by atoms with Crippen molar-refractivity contribution < 1.29 is 18.0 Å². The third-order valence-corrected chi connectivity index (χ3v) is 4.51. The fourth-order valence-corrected chi connectivity index (χ4v) is 3.39. The van der Waals surface area contributed by atoms with Crippen molar-refractivity contribution >= 4 is 28.9 Å². The minimum Gasteiger partial charge on any atom is -0.357 e. The first kappa shape index (κ1) is 15.2. The van der Waals surface area contributed by atoms with Crippen LogP contribution in [0.25, 0.3) is 6.08 Å². The van der Waals surface area contributed by atoms with E-state index in [0.29, 0.717) is 15.6 Å². The topological polar surface area (TPSA) is 57.2 Å². The van der Waals surface area contributed by atoms with Gasteiger partial charge in [-0.3, -0.25) is 9.79 Å². The Morgan fingerprint density at radius 1 is 1.32 bits per heavy atom. The third kappa shape index (κ3) is 3.37. The van der Waals surface area contributed by atoms with E-state index >= 15 is 0 Å². The van der Waals surface area contributed by atoms with Gasteiger partial charge in [-0.15, -0.1) is 0 Å². The molecule has 2 fully saturated rings. The van der Waals surface area contributed by atoms with E-state index in [0.717, 1.165) is 31.7 Å². The number of amidine groups is 1. The van der Waals surface area contributed by atoms with E-state index in [2.05, 4.69) is 15.3 Å². The summed E-state index contributed by atoms with van der Waals surface area (Å²) in [6.45, 7) is 0. The monoisotopic (exact) mass is 329 g/mol. The molecule has 1 saturated heterocycles. The Morgan fingerprint density at radius 3 is 2.68 bits per heavy atom. The maximum atomic E-state index is 12.5. The Labute approximate surface area is 129 Å². The molecule has 3 rings (SSSR count). The van der Waals surface area contributed by atoms with Crippen molar-refractivity contribution in [3.63, 3.8) is 0 Å². The second kappa shape index (κ2) is 5.83. The Kier molecular flexibility index (Phi) is 4.03. The number of aromatic amines is 1. The molecule has 1 aliphatic heterocycles. The summed E-state index contributed by atoms with van der Waals surface area (Å²) in [5.74, 6) is -0.323. The van der Waals surface area contributed by atoms with Crippen LogP contribution in [-0.4, -0.2) is 22.1 Å². The van der Waals surface area contributed by atoms with Crippen LogP contribution in [0.5, 0.6) is 0 Å². The summed E-state index contributed by atoms with van der Waals surface area (Å²) < 4.78 is 37.6. The van der Waals surface area contributed by atoms with E-state index in [1.807, 2.05) is 0 Å². The molecular weight excluding hydrogens is 315 g/mol. The maximum absolute atomic E-state index is 12.5. The first-order chi connectivity index (χ1) is 10.4. The lowest BCUT2D eigenvalue weighted by Crippen LogP contribution is -2.21. The number of alkyl halides is 3. The second-order valence-electron chi connectivity index (χ2n) is 5.28. The van der Waals surface area contributed by atoms with Crippen molar-refractivity contribution in [1.82, 2.24) is 10.3 Å². The predicted octanol–water partition coefficient (Wildman–Crippen LogP) is 3.54. The molecule has 1 amide bonds. The van der Waals surface area contributed by atoms with Crippen LogP contribution in [0, 0.1) is 0 Å². The summed E-state index contributed by atoms with van der Waals surface area (Å²) in [5.41, 5.74) is -0.519. The number of carbonyl (C=O) groups is 1. The van der Waals surface area contributed by atoms with Gasteiger partial charge in [-0.1, -0.05) is 12.8 Å². The fraction of sp³-hybridized carbons (Fsp3) is 0.429. The predicted molar refractivity (Wildman–Crippen MR) is 79.2 cm³/mol. The van der Waals surface area contributed by atoms with E-state index in [9.17, 15) is 18.0 Å². The highest BCUT2D eigenvalue weighted by Gasteiger charge is 2.32. The minimum atomic E-state index is -4.42. The summed E-state index contributed by atoms with van der Waals surface area (Å²) in [5, 5.41) is 3.20. The van der Waals surface area contributed by atoms with Crippen LogP contribution < -0.4 is 5.32 Å². The standard InChI is InChI=1S/C14H14F3N3OS/c15-14(16,17)11-6-8(7-18-11)5-10-12(21)20-13(22-10)19-9-3-1-2-4-9/h5-7,9,18H,1-4H2,(H,19,20,21)/b10-5+. The zero-order valence-corrected chi connectivity index (χ0v) is 12.4. The average molecular weight is 329 g/mol. The van der Waals surface area contributed by atoms with E-state index in [1.54, 1.807) is 0 Å². The van der Waals surface area contributed by atoms with Crippen molar-refractivity contribution in [2.24, 2.45) is 4.99 Å². The molecule has 0 aromatic carbocycles. The normalized spacial score (nSPS) is 23.7. The van der Waals surface area contributed by atoms with Gasteiger partial charge in [0.1, 0.15) is 5.69 Å². The summed E-state index contributed by atoms with van der Waals surface area (Å²) in [6, 6.07) is 1.22. The summed E-state index contributed by atoms with van der Waals surface area (Å²) >= 11 is 1.17. The van der Waals surface area contributed by atoms with Crippen molar-refractivity contribution in [2.45, 2.75) is 37.9 Å². The van der Waals surface area contributed by atoms with E-state index in [-0.39, 0.29) is 11.9 Å². The van der Waals surface area contributed by atoms with Gasteiger partial charge in [-0.2, -0.15) is 13.2 Å². The number of amides is 1. The Morgan fingerprint density at radius 2 is 2.05 bits per heavy atom. The van der Waals surface area contributed by atoms with Crippen LogP contribution >= 0.6 is 11.8 Å². The highest BCUT2D eigenvalue weighted by atomic mass is 32.2. The smallest absolute Gasteiger partial charge is 0.357 e. The number of nitrogens with one attached hydrogen (secondary N) is 2. The molecule has 4 nitrogen and oxygen atoms in total. The van der Waals surface area contributed by atoms with E-state index in [4.69, 9.17) is 0 Å². The quantitative estimate of drug-likeness (QED) is 0.816. The number of nitrogens with zero attached hydrogens (tertiary/aromatic N) is 1. The molecule has 0 radical (unpaired) electrons. The number of H-pyrrole nitrogens is 1. The van der Waals surface area contributed by atoms with Gasteiger partial charge in [-0.25, -0.2) is 0 Å².